The number of carbonyl (C=O) groups is 1. The molecule has 1 fully saturated rings. The third kappa shape index (κ3) is 4.30. The molecule has 1 heterocycles. The molecule has 1 unspecified atom stereocenters. The zero-order valence-corrected chi connectivity index (χ0v) is 16.7. The molecule has 0 aromatic heterocycles. The average molecular weight is 423 g/mol. The molecule has 147 valence electrons. The summed E-state index contributed by atoms with van der Waals surface area (Å²) in [5.41, 5.74) is 0.0937. The second kappa shape index (κ2) is 7.70. The molecule has 0 bridgehead atoms. The van der Waals surface area contributed by atoms with Gasteiger partial charge in [-0.05, 0) is 43.7 Å². The molecule has 1 atom stereocenters. The van der Waals surface area contributed by atoms with Crippen molar-refractivity contribution >= 4 is 31.9 Å². The van der Waals surface area contributed by atoms with Gasteiger partial charge in [0.1, 0.15) is 0 Å². The van der Waals surface area contributed by atoms with E-state index in [2.05, 4.69) is 20.3 Å². The van der Waals surface area contributed by atoms with Crippen LogP contribution >= 0.6 is 0 Å². The summed E-state index contributed by atoms with van der Waals surface area (Å²) in [6, 6.07) is 7.55. The van der Waals surface area contributed by atoms with E-state index in [9.17, 15) is 22.0 Å². The molecule has 6 nitrogen and oxygen atoms in total. The zero-order chi connectivity index (χ0) is 20.5. The van der Waals surface area contributed by atoms with Gasteiger partial charge in [0.25, 0.3) is 5.91 Å². The van der Waals surface area contributed by atoms with Gasteiger partial charge in [0.2, 0.25) is 10.0 Å². The summed E-state index contributed by atoms with van der Waals surface area (Å²) in [7, 11) is -0.531. The second-order valence-electron chi connectivity index (χ2n) is 6.51. The van der Waals surface area contributed by atoms with E-state index in [1.165, 1.54) is 37.3 Å². The SMILES string of the molecule is Cc1c(NC(=O)c2cccc(S(=O)(=O)NC3([Si])CCOC3)c2)ccc(F)c1F. The molecule has 1 aliphatic heterocycles. The lowest BCUT2D eigenvalue weighted by Crippen LogP contribution is -2.49. The lowest BCUT2D eigenvalue weighted by Gasteiger charge is -2.23. The van der Waals surface area contributed by atoms with Gasteiger partial charge >= 0.3 is 0 Å². The van der Waals surface area contributed by atoms with Crippen LogP contribution in [0.4, 0.5) is 14.5 Å². The Hall–Kier alpha value is -2.14. The maximum Gasteiger partial charge on any atom is 0.255 e. The smallest absolute Gasteiger partial charge is 0.255 e. The molecule has 1 saturated heterocycles. The number of benzene rings is 2. The fourth-order valence-corrected chi connectivity index (χ4v) is 4.69. The molecule has 0 saturated carbocycles. The van der Waals surface area contributed by atoms with Crippen molar-refractivity contribution in [3.63, 3.8) is 0 Å². The zero-order valence-electron chi connectivity index (χ0n) is 14.9. The summed E-state index contributed by atoms with van der Waals surface area (Å²) in [5.74, 6) is -2.72. The number of hydrogen-bond donors (Lipinski definition) is 2. The molecule has 2 aromatic carbocycles. The number of amides is 1. The highest BCUT2D eigenvalue weighted by atomic mass is 32.2. The van der Waals surface area contributed by atoms with Crippen molar-refractivity contribution in [1.29, 1.82) is 0 Å². The molecule has 10 heteroatoms. The Morgan fingerprint density at radius 2 is 2.00 bits per heavy atom. The minimum absolute atomic E-state index is 0.0534. The first-order valence-electron chi connectivity index (χ1n) is 8.34. The summed E-state index contributed by atoms with van der Waals surface area (Å²) in [6.45, 7) is 1.93. The van der Waals surface area contributed by atoms with Gasteiger partial charge in [-0.2, -0.15) is 0 Å². The van der Waals surface area contributed by atoms with Gasteiger partial charge in [-0.3, -0.25) is 4.79 Å². The van der Waals surface area contributed by atoms with Gasteiger partial charge in [0.05, 0.1) is 21.7 Å². The number of halogens is 2. The van der Waals surface area contributed by atoms with Gasteiger partial charge in [-0.15, -0.1) is 0 Å². The molecule has 0 spiro atoms. The van der Waals surface area contributed by atoms with E-state index in [-0.39, 0.29) is 28.3 Å². The highest BCUT2D eigenvalue weighted by molar-refractivity contribution is 7.89. The summed E-state index contributed by atoms with van der Waals surface area (Å²) >= 11 is 0. The fourth-order valence-electron chi connectivity index (χ4n) is 2.75. The number of anilines is 1. The second-order valence-corrected chi connectivity index (χ2v) is 9.15. The fraction of sp³-hybridized carbons (Fsp3) is 0.278. The highest BCUT2D eigenvalue weighted by Gasteiger charge is 2.34. The summed E-state index contributed by atoms with van der Waals surface area (Å²) < 4.78 is 59.9. The van der Waals surface area contributed by atoms with Crippen LogP contribution in [0.2, 0.25) is 0 Å². The third-order valence-electron chi connectivity index (χ3n) is 4.35. The Balaban J connectivity index is 1.83. The summed E-state index contributed by atoms with van der Waals surface area (Å²) in [6.07, 6.45) is 0.457. The number of rotatable bonds is 5. The first-order valence-corrected chi connectivity index (χ1v) is 10.3. The molecule has 2 aromatic rings. The molecular formula is C18H17F2N2O4SSi. The quantitative estimate of drug-likeness (QED) is 0.722. The van der Waals surface area contributed by atoms with Crippen molar-refractivity contribution in [2.75, 3.05) is 18.5 Å². The maximum absolute atomic E-state index is 13.7. The van der Waals surface area contributed by atoms with E-state index >= 15 is 0 Å². The van der Waals surface area contributed by atoms with Crippen LogP contribution in [0, 0.1) is 18.6 Å². The molecule has 0 aliphatic carbocycles. The van der Waals surface area contributed by atoms with Crippen LogP contribution in [0.5, 0.6) is 0 Å². The van der Waals surface area contributed by atoms with Crippen molar-refractivity contribution in [3.05, 3.63) is 59.2 Å². The average Bonchev–Trinajstić information content (AvgIpc) is 3.07. The molecule has 2 N–H and O–H groups in total. The molecular weight excluding hydrogens is 406 g/mol. The van der Waals surface area contributed by atoms with Crippen molar-refractivity contribution < 1.29 is 26.7 Å². The Morgan fingerprint density at radius 3 is 2.68 bits per heavy atom. The Bertz CT molecular complexity index is 1020. The number of carbonyl (C=O) groups excluding carboxylic acids is 1. The van der Waals surface area contributed by atoms with Gasteiger partial charge in [-0.1, -0.05) is 6.07 Å². The van der Waals surface area contributed by atoms with E-state index < -0.39 is 32.7 Å². The third-order valence-corrected chi connectivity index (χ3v) is 6.58. The van der Waals surface area contributed by atoms with E-state index in [1.54, 1.807) is 0 Å². The van der Waals surface area contributed by atoms with Crippen LogP contribution in [-0.2, 0) is 14.8 Å². The minimum Gasteiger partial charge on any atom is -0.380 e. The van der Waals surface area contributed by atoms with Gasteiger partial charge in [0, 0.05) is 28.6 Å². The molecule has 3 rings (SSSR count). The van der Waals surface area contributed by atoms with Crippen molar-refractivity contribution in [2.45, 2.75) is 23.4 Å². The lowest BCUT2D eigenvalue weighted by molar-refractivity contribution is 0.102. The van der Waals surface area contributed by atoms with Crippen molar-refractivity contribution in [1.82, 2.24) is 4.72 Å². The monoisotopic (exact) mass is 423 g/mol. The van der Waals surface area contributed by atoms with E-state index in [0.717, 1.165) is 6.07 Å². The van der Waals surface area contributed by atoms with Crippen LogP contribution in [0.15, 0.2) is 41.3 Å². The number of ether oxygens (including phenoxy) is 1. The van der Waals surface area contributed by atoms with Gasteiger partial charge < -0.3 is 10.1 Å². The Kier molecular flexibility index (Phi) is 5.66. The molecule has 28 heavy (non-hydrogen) atoms. The van der Waals surface area contributed by atoms with E-state index in [4.69, 9.17) is 4.74 Å². The number of nitrogens with one attached hydrogen (secondary N) is 2. The van der Waals surface area contributed by atoms with Crippen LogP contribution < -0.4 is 10.0 Å². The predicted molar refractivity (Wildman–Crippen MR) is 99.7 cm³/mol. The van der Waals surface area contributed by atoms with E-state index in [0.29, 0.717) is 13.0 Å². The molecule has 3 radical (unpaired) electrons. The number of hydrogen-bond acceptors (Lipinski definition) is 4. The Labute approximate surface area is 164 Å². The largest absolute Gasteiger partial charge is 0.380 e. The van der Waals surface area contributed by atoms with Crippen molar-refractivity contribution in [2.24, 2.45) is 0 Å². The minimum atomic E-state index is -3.92. The highest BCUT2D eigenvalue weighted by Crippen LogP contribution is 2.23. The predicted octanol–water partition coefficient (Wildman–Crippen LogP) is 2.09. The van der Waals surface area contributed by atoms with Crippen LogP contribution in [0.25, 0.3) is 0 Å². The maximum atomic E-state index is 13.7. The molecule has 1 amide bonds. The normalized spacial score (nSPS) is 19.6. The standard InChI is InChI=1S/C18H17F2N2O4SSi/c1-11-15(6-5-14(19)16(11)20)21-17(23)12-3-2-4-13(9-12)27(24,25)22-18(28)7-8-26-10-18/h2-6,9,22H,7-8,10H2,1H3,(H,21,23). The van der Waals surface area contributed by atoms with Crippen molar-refractivity contribution in [3.8, 4) is 0 Å². The van der Waals surface area contributed by atoms with Crippen LogP contribution in [-0.4, -0.2) is 42.9 Å². The van der Waals surface area contributed by atoms with Gasteiger partial charge in [-0.25, -0.2) is 21.9 Å². The first-order chi connectivity index (χ1) is 13.1. The summed E-state index contributed by atoms with van der Waals surface area (Å²) in [5, 5.41) is 1.56. The van der Waals surface area contributed by atoms with Crippen LogP contribution in [0.1, 0.15) is 22.3 Å². The lowest BCUT2D eigenvalue weighted by atomic mass is 10.1. The summed E-state index contributed by atoms with van der Waals surface area (Å²) in [4.78, 5) is 12.4. The van der Waals surface area contributed by atoms with E-state index in [1.807, 2.05) is 0 Å². The first kappa shape index (κ1) is 20.6. The molecule has 1 aliphatic rings. The van der Waals surface area contributed by atoms with Gasteiger partial charge in [0.15, 0.2) is 11.6 Å². The topological polar surface area (TPSA) is 84.5 Å². The number of sulfonamides is 1. The van der Waals surface area contributed by atoms with Crippen LogP contribution in [0.3, 0.4) is 0 Å². The Morgan fingerprint density at radius 1 is 1.25 bits per heavy atom.